The smallest absolute Gasteiger partial charge is 0.0328 e. The van der Waals surface area contributed by atoms with E-state index < -0.39 is 0 Å². The van der Waals surface area contributed by atoms with Crippen molar-refractivity contribution in [2.75, 3.05) is 19.6 Å². The third-order valence-electron chi connectivity index (χ3n) is 3.87. The molecule has 0 radical (unpaired) electrons. The maximum Gasteiger partial charge on any atom is 0.0328 e. The Hall–Kier alpha value is -0.380. The van der Waals surface area contributed by atoms with Gasteiger partial charge in [-0.05, 0) is 30.8 Å². The summed E-state index contributed by atoms with van der Waals surface area (Å²) in [4.78, 5) is 4.01. The molecule has 2 nitrogen and oxygen atoms in total. The Morgan fingerprint density at radius 3 is 2.83 bits per heavy atom. The number of nitrogens with zero attached hydrogens (tertiary/aromatic N) is 1. The minimum absolute atomic E-state index is 0.791. The first-order valence-electron chi connectivity index (χ1n) is 7.36. The molecule has 1 aliphatic rings. The summed E-state index contributed by atoms with van der Waals surface area (Å²) in [5.41, 5.74) is 0. The van der Waals surface area contributed by atoms with Crippen LogP contribution in [0.25, 0.3) is 0 Å². The van der Waals surface area contributed by atoms with Crippen LogP contribution in [0.4, 0.5) is 0 Å². The van der Waals surface area contributed by atoms with E-state index in [2.05, 4.69) is 34.7 Å². The molecule has 1 aromatic rings. The highest BCUT2D eigenvalue weighted by Crippen LogP contribution is 2.17. The number of likely N-dealkylation sites (N-methyl/N-ethyl adjacent to an activating group) is 1. The van der Waals surface area contributed by atoms with Gasteiger partial charge in [0.2, 0.25) is 0 Å². The van der Waals surface area contributed by atoms with E-state index in [0.717, 1.165) is 25.7 Å². The summed E-state index contributed by atoms with van der Waals surface area (Å²) in [5.74, 6) is 0. The Kier molecular flexibility index (Phi) is 6.18. The molecular formula is C15H26N2S. The second kappa shape index (κ2) is 7.93. The first kappa shape index (κ1) is 14.0. The van der Waals surface area contributed by atoms with E-state index in [1.807, 2.05) is 11.3 Å². The number of thiophene rings is 1. The molecule has 1 saturated carbocycles. The van der Waals surface area contributed by atoms with E-state index in [0.29, 0.717) is 0 Å². The molecule has 1 aromatic heterocycles. The largest absolute Gasteiger partial charge is 0.313 e. The van der Waals surface area contributed by atoms with Crippen LogP contribution < -0.4 is 5.32 Å². The van der Waals surface area contributed by atoms with Crippen molar-refractivity contribution in [1.82, 2.24) is 10.2 Å². The normalized spacial score (nSPS) is 17.4. The number of rotatable bonds is 7. The lowest BCUT2D eigenvalue weighted by atomic mass is 9.95. The molecule has 0 bridgehead atoms. The van der Waals surface area contributed by atoms with Gasteiger partial charge in [-0.15, -0.1) is 11.3 Å². The quantitative estimate of drug-likeness (QED) is 0.812. The van der Waals surface area contributed by atoms with Crippen molar-refractivity contribution in [3.05, 3.63) is 22.4 Å². The van der Waals surface area contributed by atoms with Crippen molar-refractivity contribution in [2.24, 2.45) is 0 Å². The second-order valence-corrected chi connectivity index (χ2v) is 6.27. The molecular weight excluding hydrogens is 240 g/mol. The molecule has 18 heavy (non-hydrogen) atoms. The highest BCUT2D eigenvalue weighted by Gasteiger charge is 2.12. The highest BCUT2D eigenvalue weighted by atomic mass is 32.1. The Morgan fingerprint density at radius 1 is 1.33 bits per heavy atom. The minimum atomic E-state index is 0.791. The van der Waals surface area contributed by atoms with E-state index >= 15 is 0 Å². The zero-order valence-corrected chi connectivity index (χ0v) is 12.3. The number of nitrogens with one attached hydrogen (secondary N) is 1. The van der Waals surface area contributed by atoms with Crippen LogP contribution in [0.1, 0.15) is 43.9 Å². The molecule has 1 N–H and O–H groups in total. The maximum absolute atomic E-state index is 3.73. The average Bonchev–Trinajstić information content (AvgIpc) is 2.92. The summed E-state index contributed by atoms with van der Waals surface area (Å²) in [6, 6.07) is 5.18. The Labute approximate surface area is 115 Å². The van der Waals surface area contributed by atoms with Gasteiger partial charge < -0.3 is 5.32 Å². The van der Waals surface area contributed by atoms with E-state index in [4.69, 9.17) is 0 Å². The Bertz CT molecular complexity index is 304. The van der Waals surface area contributed by atoms with Crippen LogP contribution in [0.3, 0.4) is 0 Å². The van der Waals surface area contributed by atoms with Crippen molar-refractivity contribution >= 4 is 11.3 Å². The predicted molar refractivity (Wildman–Crippen MR) is 80.1 cm³/mol. The van der Waals surface area contributed by atoms with E-state index in [9.17, 15) is 0 Å². The average molecular weight is 266 g/mol. The van der Waals surface area contributed by atoms with Gasteiger partial charge in [0.05, 0.1) is 0 Å². The third kappa shape index (κ3) is 4.71. The van der Waals surface area contributed by atoms with Crippen LogP contribution in [0.5, 0.6) is 0 Å². The van der Waals surface area contributed by atoms with E-state index in [-0.39, 0.29) is 0 Å². The monoisotopic (exact) mass is 266 g/mol. The first-order valence-corrected chi connectivity index (χ1v) is 8.24. The topological polar surface area (TPSA) is 15.3 Å². The zero-order valence-electron chi connectivity index (χ0n) is 11.5. The van der Waals surface area contributed by atoms with Crippen molar-refractivity contribution < 1.29 is 0 Å². The molecule has 0 saturated heterocycles. The molecule has 1 heterocycles. The summed E-state index contributed by atoms with van der Waals surface area (Å²) in [6.07, 6.45) is 7.06. The molecule has 3 heteroatoms. The van der Waals surface area contributed by atoms with Crippen LogP contribution in [0.2, 0.25) is 0 Å². The van der Waals surface area contributed by atoms with Gasteiger partial charge in [-0.25, -0.2) is 0 Å². The lowest BCUT2D eigenvalue weighted by Gasteiger charge is -2.25. The van der Waals surface area contributed by atoms with Gasteiger partial charge in [0.1, 0.15) is 0 Å². The molecule has 0 aliphatic heterocycles. The number of hydrogen-bond acceptors (Lipinski definition) is 3. The highest BCUT2D eigenvalue weighted by molar-refractivity contribution is 7.09. The fraction of sp³-hybridized carbons (Fsp3) is 0.733. The maximum atomic E-state index is 3.73. The molecule has 0 unspecified atom stereocenters. The zero-order chi connectivity index (χ0) is 12.6. The molecule has 0 amide bonds. The van der Waals surface area contributed by atoms with Gasteiger partial charge in [0.15, 0.2) is 0 Å². The van der Waals surface area contributed by atoms with E-state index in [1.54, 1.807) is 0 Å². The summed E-state index contributed by atoms with van der Waals surface area (Å²) < 4.78 is 0. The lowest BCUT2D eigenvalue weighted by Crippen LogP contribution is -2.37. The molecule has 0 aromatic carbocycles. The van der Waals surface area contributed by atoms with Crippen molar-refractivity contribution in [2.45, 2.75) is 51.6 Å². The molecule has 0 spiro atoms. The fourth-order valence-corrected chi connectivity index (χ4v) is 3.45. The number of hydrogen-bond donors (Lipinski definition) is 1. The van der Waals surface area contributed by atoms with Crippen LogP contribution in [-0.4, -0.2) is 30.6 Å². The second-order valence-electron chi connectivity index (χ2n) is 5.24. The molecule has 2 rings (SSSR count). The van der Waals surface area contributed by atoms with Crippen LogP contribution >= 0.6 is 11.3 Å². The molecule has 1 aliphatic carbocycles. The van der Waals surface area contributed by atoms with Gasteiger partial charge >= 0.3 is 0 Å². The van der Waals surface area contributed by atoms with Crippen LogP contribution in [0, 0.1) is 0 Å². The Morgan fingerprint density at radius 2 is 2.17 bits per heavy atom. The third-order valence-corrected chi connectivity index (χ3v) is 4.73. The van der Waals surface area contributed by atoms with Crippen molar-refractivity contribution in [1.29, 1.82) is 0 Å². The lowest BCUT2D eigenvalue weighted by molar-refractivity contribution is 0.268. The van der Waals surface area contributed by atoms with Crippen molar-refractivity contribution in [3.63, 3.8) is 0 Å². The molecule has 1 fully saturated rings. The van der Waals surface area contributed by atoms with Crippen LogP contribution in [0.15, 0.2) is 17.5 Å². The standard InChI is InChI=1S/C15H26N2S/c1-2-17(13-15-9-6-12-18-15)11-10-16-14-7-4-3-5-8-14/h6,9,12,14,16H,2-5,7-8,10-11,13H2,1H3. The van der Waals surface area contributed by atoms with Gasteiger partial charge in [0, 0.05) is 30.6 Å². The van der Waals surface area contributed by atoms with Gasteiger partial charge in [-0.1, -0.05) is 32.3 Å². The van der Waals surface area contributed by atoms with Crippen molar-refractivity contribution in [3.8, 4) is 0 Å². The summed E-state index contributed by atoms with van der Waals surface area (Å²) >= 11 is 1.87. The van der Waals surface area contributed by atoms with Crippen LogP contribution in [-0.2, 0) is 6.54 Å². The first-order chi connectivity index (χ1) is 8.88. The summed E-state index contributed by atoms with van der Waals surface area (Å²) in [7, 11) is 0. The summed E-state index contributed by atoms with van der Waals surface area (Å²) in [6.45, 7) is 6.83. The van der Waals surface area contributed by atoms with Gasteiger partial charge in [-0.2, -0.15) is 0 Å². The SMILES string of the molecule is CCN(CCNC1CCCCC1)Cc1cccs1. The summed E-state index contributed by atoms with van der Waals surface area (Å²) in [5, 5.41) is 5.90. The van der Waals surface area contributed by atoms with Gasteiger partial charge in [-0.3, -0.25) is 4.90 Å². The fourth-order valence-electron chi connectivity index (χ4n) is 2.71. The van der Waals surface area contributed by atoms with E-state index in [1.165, 1.54) is 43.5 Å². The molecule has 0 atom stereocenters. The molecule has 102 valence electrons. The predicted octanol–water partition coefficient (Wildman–Crippen LogP) is 3.49. The Balaban J connectivity index is 1.64. The minimum Gasteiger partial charge on any atom is -0.313 e. The van der Waals surface area contributed by atoms with Gasteiger partial charge in [0.25, 0.3) is 0 Å².